The van der Waals surface area contributed by atoms with Gasteiger partial charge in [0, 0.05) is 13.8 Å². The molecule has 0 atom stereocenters. The molecule has 0 bridgehead atoms. The van der Waals surface area contributed by atoms with Gasteiger partial charge in [0.15, 0.2) is 12.0 Å². The van der Waals surface area contributed by atoms with Gasteiger partial charge in [-0.05, 0) is 12.2 Å². The molecule has 0 fully saturated rings. The number of ether oxygens (including phenoxy) is 2. The second-order valence-electron chi connectivity index (χ2n) is 2.22. The maximum Gasteiger partial charge on any atom is 0.308 e. The molecule has 14 heavy (non-hydrogen) atoms. The fourth-order valence-electron chi connectivity index (χ4n) is 0.533. The van der Waals surface area contributed by atoms with Crippen LogP contribution >= 0.6 is 0 Å². The van der Waals surface area contributed by atoms with E-state index in [2.05, 4.69) is 9.47 Å². The molecular formula is C9H10O5. The number of esters is 2. The summed E-state index contributed by atoms with van der Waals surface area (Å²) in [4.78, 5) is 31.0. The van der Waals surface area contributed by atoms with Crippen molar-refractivity contribution < 1.29 is 23.9 Å². The van der Waals surface area contributed by atoms with Crippen LogP contribution in [0.15, 0.2) is 24.2 Å². The Morgan fingerprint density at radius 3 is 2.21 bits per heavy atom. The predicted molar refractivity (Wildman–Crippen MR) is 46.8 cm³/mol. The maximum atomic E-state index is 10.4. The average Bonchev–Trinajstić information content (AvgIpc) is 2.09. The Hall–Kier alpha value is -1.91. The van der Waals surface area contributed by atoms with E-state index in [4.69, 9.17) is 0 Å². The van der Waals surface area contributed by atoms with E-state index in [1.807, 2.05) is 0 Å². The maximum absolute atomic E-state index is 10.4. The summed E-state index contributed by atoms with van der Waals surface area (Å²) in [5.74, 6) is -1.22. The molecule has 0 amide bonds. The zero-order valence-corrected chi connectivity index (χ0v) is 7.85. The number of allylic oxidation sites excluding steroid dienone is 3. The highest BCUT2D eigenvalue weighted by Gasteiger charge is 1.97. The number of rotatable bonds is 4. The Bertz CT molecular complexity index is 288. The quantitative estimate of drug-likeness (QED) is 0.219. The molecule has 0 aromatic heterocycles. The highest BCUT2D eigenvalue weighted by atomic mass is 16.5. The van der Waals surface area contributed by atoms with Crippen molar-refractivity contribution >= 4 is 18.2 Å². The molecule has 5 heteroatoms. The smallest absolute Gasteiger partial charge is 0.308 e. The van der Waals surface area contributed by atoms with Crippen LogP contribution in [0.1, 0.15) is 13.8 Å². The van der Waals surface area contributed by atoms with E-state index < -0.39 is 11.9 Å². The van der Waals surface area contributed by atoms with Crippen LogP contribution in [-0.2, 0) is 23.9 Å². The van der Waals surface area contributed by atoms with E-state index in [1.54, 1.807) is 0 Å². The minimum atomic E-state index is -0.593. The molecule has 0 aliphatic rings. The first-order valence-electron chi connectivity index (χ1n) is 3.74. The van der Waals surface area contributed by atoms with Gasteiger partial charge in [0.1, 0.15) is 0 Å². The van der Waals surface area contributed by atoms with Crippen LogP contribution in [0, 0.1) is 0 Å². The summed E-state index contributed by atoms with van der Waals surface area (Å²) in [5.41, 5.74) is 0. The molecule has 0 rings (SSSR count). The summed E-state index contributed by atoms with van der Waals surface area (Å²) in [7, 11) is 0. The minimum absolute atomic E-state index is 0.152. The highest BCUT2D eigenvalue weighted by molar-refractivity contribution is 5.78. The SMILES string of the molecule is CC(=O)O/C=C/C=C(\C=O)OC(C)=O. The van der Waals surface area contributed by atoms with Gasteiger partial charge in [-0.1, -0.05) is 0 Å². The molecule has 0 aliphatic carbocycles. The molecule has 5 nitrogen and oxygen atoms in total. The van der Waals surface area contributed by atoms with Crippen molar-refractivity contribution in [2.75, 3.05) is 0 Å². The van der Waals surface area contributed by atoms with Crippen LogP contribution in [0.25, 0.3) is 0 Å². The number of hydrogen-bond donors (Lipinski definition) is 0. The predicted octanol–water partition coefficient (Wildman–Crippen LogP) is 0.709. The van der Waals surface area contributed by atoms with E-state index >= 15 is 0 Å². The lowest BCUT2D eigenvalue weighted by Crippen LogP contribution is -1.99. The van der Waals surface area contributed by atoms with Crippen molar-refractivity contribution in [3.05, 3.63) is 24.2 Å². The number of aldehydes is 1. The third-order valence-corrected chi connectivity index (χ3v) is 0.951. The standard InChI is InChI=1S/C9H10O5/c1-7(11)13-5-3-4-9(6-10)14-8(2)12/h3-6H,1-2H3/b5-3+,9-4+. The number of carbonyl (C=O) groups is 3. The van der Waals surface area contributed by atoms with Crippen LogP contribution in [0.4, 0.5) is 0 Å². The third-order valence-electron chi connectivity index (χ3n) is 0.951. The van der Waals surface area contributed by atoms with Gasteiger partial charge in [-0.3, -0.25) is 14.4 Å². The summed E-state index contributed by atoms with van der Waals surface area (Å²) < 4.78 is 8.89. The van der Waals surface area contributed by atoms with Crippen molar-refractivity contribution in [3.63, 3.8) is 0 Å². The molecule has 76 valence electrons. The number of hydrogen-bond acceptors (Lipinski definition) is 5. The van der Waals surface area contributed by atoms with Gasteiger partial charge in [0.05, 0.1) is 6.26 Å². The monoisotopic (exact) mass is 198 g/mol. The summed E-state index contributed by atoms with van der Waals surface area (Å²) in [5, 5.41) is 0. The first-order valence-corrected chi connectivity index (χ1v) is 3.74. The zero-order valence-electron chi connectivity index (χ0n) is 7.85. The van der Waals surface area contributed by atoms with E-state index in [9.17, 15) is 14.4 Å². The van der Waals surface area contributed by atoms with Crippen LogP contribution < -0.4 is 0 Å². The second-order valence-corrected chi connectivity index (χ2v) is 2.22. The Morgan fingerprint density at radius 2 is 1.79 bits per heavy atom. The van der Waals surface area contributed by atoms with Gasteiger partial charge in [0.25, 0.3) is 0 Å². The van der Waals surface area contributed by atoms with Crippen LogP contribution in [-0.4, -0.2) is 18.2 Å². The third kappa shape index (κ3) is 6.78. The molecule has 0 saturated carbocycles. The summed E-state index contributed by atoms with van der Waals surface area (Å²) >= 11 is 0. The van der Waals surface area contributed by atoms with Gasteiger partial charge < -0.3 is 9.47 Å². The Labute approximate surface area is 81.0 Å². The molecule has 0 aromatic rings. The van der Waals surface area contributed by atoms with Gasteiger partial charge in [-0.2, -0.15) is 0 Å². The molecule has 0 heterocycles. The Morgan fingerprint density at radius 1 is 1.14 bits per heavy atom. The summed E-state index contributed by atoms with van der Waals surface area (Å²) in [6.07, 6.45) is 3.93. The lowest BCUT2D eigenvalue weighted by molar-refractivity contribution is -0.138. The van der Waals surface area contributed by atoms with Crippen LogP contribution in [0.3, 0.4) is 0 Å². The van der Waals surface area contributed by atoms with Crippen molar-refractivity contribution in [3.8, 4) is 0 Å². The van der Waals surface area contributed by atoms with E-state index in [1.165, 1.54) is 26.0 Å². The largest absolute Gasteiger partial charge is 0.435 e. The molecular weight excluding hydrogens is 188 g/mol. The molecule has 0 spiro atoms. The highest BCUT2D eigenvalue weighted by Crippen LogP contribution is 1.94. The molecule has 0 aromatic carbocycles. The van der Waals surface area contributed by atoms with Crippen LogP contribution in [0.5, 0.6) is 0 Å². The van der Waals surface area contributed by atoms with Crippen molar-refractivity contribution in [1.82, 2.24) is 0 Å². The van der Waals surface area contributed by atoms with Gasteiger partial charge in [0.2, 0.25) is 0 Å². The Balaban J connectivity index is 4.17. The Kier molecular flexibility index (Phi) is 5.69. The van der Waals surface area contributed by atoms with E-state index in [0.717, 1.165) is 6.26 Å². The van der Waals surface area contributed by atoms with Gasteiger partial charge >= 0.3 is 11.9 Å². The lowest BCUT2D eigenvalue weighted by Gasteiger charge is -1.96. The van der Waals surface area contributed by atoms with Crippen LogP contribution in [0.2, 0.25) is 0 Å². The first-order chi connectivity index (χ1) is 6.56. The average molecular weight is 198 g/mol. The van der Waals surface area contributed by atoms with Crippen molar-refractivity contribution in [2.24, 2.45) is 0 Å². The molecule has 0 saturated heterocycles. The van der Waals surface area contributed by atoms with E-state index in [-0.39, 0.29) is 5.76 Å². The van der Waals surface area contributed by atoms with Gasteiger partial charge in [-0.25, -0.2) is 0 Å². The summed E-state index contributed by atoms with van der Waals surface area (Å²) in [6, 6.07) is 0. The molecule has 0 radical (unpaired) electrons. The minimum Gasteiger partial charge on any atom is -0.435 e. The van der Waals surface area contributed by atoms with Gasteiger partial charge in [-0.15, -0.1) is 0 Å². The fraction of sp³-hybridized carbons (Fsp3) is 0.222. The first kappa shape index (κ1) is 12.1. The lowest BCUT2D eigenvalue weighted by atomic mass is 10.4. The second kappa shape index (κ2) is 6.59. The molecule has 0 aliphatic heterocycles. The van der Waals surface area contributed by atoms with Crippen molar-refractivity contribution in [1.29, 1.82) is 0 Å². The fourth-order valence-corrected chi connectivity index (χ4v) is 0.533. The van der Waals surface area contributed by atoms with E-state index in [0.29, 0.717) is 6.29 Å². The zero-order chi connectivity index (χ0) is 11.0. The topological polar surface area (TPSA) is 69.7 Å². The molecule has 0 N–H and O–H groups in total. The molecule has 0 unspecified atom stereocenters. The number of carbonyl (C=O) groups excluding carboxylic acids is 3. The normalized spacial score (nSPS) is 11.1. The summed E-state index contributed by atoms with van der Waals surface area (Å²) in [6.45, 7) is 2.41. The van der Waals surface area contributed by atoms with Crippen molar-refractivity contribution in [2.45, 2.75) is 13.8 Å².